The maximum Gasteiger partial charge on any atom is 0.501 e. The highest BCUT2D eigenvalue weighted by Gasteiger charge is 2.47. The summed E-state index contributed by atoms with van der Waals surface area (Å²) in [6.45, 7) is 2.12. The van der Waals surface area contributed by atoms with Gasteiger partial charge in [-0.2, -0.15) is 0 Å². The molecule has 2 aromatic heterocycles. The van der Waals surface area contributed by atoms with Crippen molar-refractivity contribution in [2.45, 2.75) is 93.6 Å². The van der Waals surface area contributed by atoms with Crippen molar-refractivity contribution in [3.05, 3.63) is 95.4 Å². The fourth-order valence-corrected chi connectivity index (χ4v) is 11.0. The molecule has 2 saturated heterocycles. The largest absolute Gasteiger partial charge is 0.501 e. The van der Waals surface area contributed by atoms with E-state index in [1.807, 2.05) is 0 Å². The van der Waals surface area contributed by atoms with Crippen molar-refractivity contribution < 1.29 is 105 Å². The lowest BCUT2D eigenvalue weighted by Crippen LogP contribution is -2.60. The van der Waals surface area contributed by atoms with Crippen molar-refractivity contribution in [3.63, 3.8) is 0 Å². The van der Waals surface area contributed by atoms with Gasteiger partial charge in [-0.3, -0.25) is 14.4 Å². The highest BCUT2D eigenvalue weighted by atomic mass is 35.5. The summed E-state index contributed by atoms with van der Waals surface area (Å²) in [5.74, 6) is -2.75. The van der Waals surface area contributed by atoms with Crippen molar-refractivity contribution in [1.29, 1.82) is 0 Å². The van der Waals surface area contributed by atoms with E-state index in [0.29, 0.717) is 72.4 Å². The van der Waals surface area contributed by atoms with E-state index >= 15 is 0 Å². The predicted octanol–water partition coefficient (Wildman–Crippen LogP) is -0.162. The molecule has 2 fully saturated rings. The smallest absolute Gasteiger partial charge is 0.497 e. The molecular weight excluding hydrogens is 1190 g/mol. The predicted molar refractivity (Wildman–Crippen MR) is 305 cm³/mol. The van der Waals surface area contributed by atoms with Crippen LogP contribution in [0.15, 0.2) is 72.9 Å². The molecule has 5 heterocycles. The van der Waals surface area contributed by atoms with Crippen LogP contribution in [0.4, 0.5) is 5.69 Å². The van der Waals surface area contributed by atoms with E-state index in [0.717, 1.165) is 12.1 Å². The monoisotopic (exact) mass is 1260 g/mol. The van der Waals surface area contributed by atoms with Gasteiger partial charge >= 0.3 is 10.4 Å². The number of alkyl halides is 1. The summed E-state index contributed by atoms with van der Waals surface area (Å²) in [5.41, 5.74) is 1.87. The fraction of sp³-hybridized carbons (Fsp3) is 0.482. The molecule has 87 heavy (non-hydrogen) atoms. The summed E-state index contributed by atoms with van der Waals surface area (Å²) in [4.78, 5) is 45.8. The van der Waals surface area contributed by atoms with E-state index in [1.165, 1.54) is 60.4 Å². The maximum absolute atomic E-state index is 14.7. The number of methoxy groups -OCH3 is 1. The molecule has 2 unspecified atom stereocenters. The Morgan fingerprint density at radius 3 is 2.16 bits per heavy atom. The minimum absolute atomic E-state index is 0.0118. The zero-order chi connectivity index (χ0) is 62.3. The zero-order valence-corrected chi connectivity index (χ0v) is 48.9. The normalized spacial score (nSPS) is 23.8. The first kappa shape index (κ1) is 64.5. The number of ether oxygens (including phenoxy) is 7. The number of H-pyrrole nitrogens is 1. The molecule has 31 heteroatoms. The van der Waals surface area contributed by atoms with Crippen molar-refractivity contribution in [1.82, 2.24) is 30.2 Å². The Bertz CT molecular complexity index is 3500. The Hall–Kier alpha value is -7.01. The van der Waals surface area contributed by atoms with Gasteiger partial charge in [-0.15, -0.1) is 25.1 Å². The zero-order valence-electron chi connectivity index (χ0n) is 47.3. The molecule has 0 radical (unpaired) electrons. The number of fused-ring (bicyclic) bond motifs is 4. The van der Waals surface area contributed by atoms with E-state index in [4.69, 9.17) is 53.1 Å². The summed E-state index contributed by atoms with van der Waals surface area (Å²) in [6, 6.07) is 15.6. The van der Waals surface area contributed by atoms with Gasteiger partial charge in [0.25, 0.3) is 11.8 Å². The minimum Gasteiger partial charge on any atom is -0.497 e. The number of rotatable bonds is 27. The quantitative estimate of drug-likeness (QED) is 0.0237. The number of aliphatic hydroxyl groups excluding tert-OH is 8. The third-order valence-electron chi connectivity index (χ3n) is 14.8. The van der Waals surface area contributed by atoms with Crippen LogP contribution in [0.25, 0.3) is 21.7 Å². The second-order valence-corrected chi connectivity index (χ2v) is 22.1. The third kappa shape index (κ3) is 14.8. The summed E-state index contributed by atoms with van der Waals surface area (Å²) in [5, 5.41) is 94.6. The Balaban J connectivity index is 0.932. The van der Waals surface area contributed by atoms with Crippen LogP contribution >= 0.6 is 11.6 Å². The molecule has 0 aliphatic carbocycles. The number of carbonyl (C=O) groups is 3. The van der Waals surface area contributed by atoms with Crippen molar-refractivity contribution >= 4 is 67.1 Å². The van der Waals surface area contributed by atoms with Crippen molar-refractivity contribution in [3.8, 4) is 28.7 Å². The van der Waals surface area contributed by atoms with Crippen molar-refractivity contribution in [2.24, 2.45) is 0 Å². The molecule has 4 aromatic carbocycles. The molecule has 3 aliphatic rings. The van der Waals surface area contributed by atoms with Crippen LogP contribution in [0.5, 0.6) is 28.7 Å². The Labute approximate surface area is 502 Å². The summed E-state index contributed by atoms with van der Waals surface area (Å²) < 4.78 is 81.4. The average molecular weight is 1260 g/mol. The van der Waals surface area contributed by atoms with Gasteiger partial charge in [-0.05, 0) is 71.6 Å². The number of amides is 3. The summed E-state index contributed by atoms with van der Waals surface area (Å²) >= 11 is 6.60. The molecule has 10 N–H and O–H groups in total. The summed E-state index contributed by atoms with van der Waals surface area (Å²) in [6.07, 6.45) is -13.9. The van der Waals surface area contributed by atoms with Gasteiger partial charge in [0.05, 0.1) is 64.7 Å². The van der Waals surface area contributed by atoms with E-state index in [2.05, 4.69) is 20.6 Å². The van der Waals surface area contributed by atoms with E-state index in [1.54, 1.807) is 36.0 Å². The van der Waals surface area contributed by atoms with Gasteiger partial charge in [0.2, 0.25) is 18.5 Å². The van der Waals surface area contributed by atoms with Crippen LogP contribution in [0.2, 0.25) is 0 Å². The molecule has 9 rings (SSSR count). The number of aromatic amines is 1. The van der Waals surface area contributed by atoms with Crippen LogP contribution < -0.4 is 32.8 Å². The number of nitrogens with zero attached hydrogens (tertiary/aromatic N) is 5. The van der Waals surface area contributed by atoms with Gasteiger partial charge in [0, 0.05) is 85.4 Å². The standard InChI is InChI=1S/C56H68ClN7O22S/c1-4-45(67)58-12-16-79-15-11-32-26-63(61-60-32)14-18-80-17-13-62(2)53(74)29-5-10-40(82-56-52(73)50(71)48(69)44(28-66)84-56)42(21-29)86-87(76,77)85-41-23-39-46(36-22-33(78-3)6-8-35(36)41)31(24-57)25-64(39)54(75)38-20-30-19-34(7-9-37(30)59-38)81-55-51(72)49(70)47(68)43(27-65)83-55/h5-10,19-23,26,31,43-44,47-52,55-56,59,65-66,68-73H,4,11-18,24-25,27-28H2,1-3H3,(H,58,67)/t31-,43-,44-,47+,48+,49+,50+,51-,52?,55?,56-/m1/s1. The number of aliphatic hydroxyl groups is 8. The number of halogens is 1. The molecule has 3 amide bonds. The van der Waals surface area contributed by atoms with Gasteiger partial charge in [-0.1, -0.05) is 12.1 Å². The number of anilines is 1. The van der Waals surface area contributed by atoms with Crippen LogP contribution in [0, 0.1) is 0 Å². The van der Waals surface area contributed by atoms with E-state index in [9.17, 15) is 63.7 Å². The van der Waals surface area contributed by atoms with Crippen LogP contribution in [-0.2, 0) is 47.1 Å². The van der Waals surface area contributed by atoms with Crippen LogP contribution in [-0.4, -0.2) is 233 Å². The van der Waals surface area contributed by atoms with Gasteiger partial charge in [-0.25, -0.2) is 4.68 Å². The Morgan fingerprint density at radius 1 is 0.782 bits per heavy atom. The SMILES string of the molecule is CCC(=O)NCCOCCc1cn(CCOCCN(C)C(=O)c2ccc(O[C@@H]3O[C@H](CO)[C@H](O)[C@H](O)C3O)c(OS(=O)(=O)Oc3cc4c(c5cc(OC)ccc35)[C@H](CCl)CN4C(=O)c3cc4cc(OC5O[C@H](CO)[C@H](O)[C@H](O)[C@H]5O)ccc4[nH]3)c2)nn1. The first-order valence-corrected chi connectivity index (χ1v) is 29.6. The average Bonchev–Trinajstić information content (AvgIpc) is 1.74. The number of carbonyl (C=O) groups excluding carboxylic acids is 3. The molecule has 29 nitrogen and oxygen atoms in total. The minimum atomic E-state index is -5.33. The Kier molecular flexibility index (Phi) is 21.1. The van der Waals surface area contributed by atoms with Gasteiger partial charge in [0.1, 0.15) is 66.0 Å². The van der Waals surface area contributed by atoms with Gasteiger partial charge < -0.3 is 102 Å². The second kappa shape index (κ2) is 28.4. The Morgan fingerprint density at radius 2 is 1.47 bits per heavy atom. The highest BCUT2D eigenvalue weighted by Crippen LogP contribution is 2.48. The van der Waals surface area contributed by atoms with E-state index < -0.39 is 114 Å². The molecule has 0 saturated carbocycles. The lowest BCUT2D eigenvalue weighted by Gasteiger charge is -2.39. The van der Waals surface area contributed by atoms with Crippen molar-refractivity contribution in [2.75, 3.05) is 84.2 Å². The maximum atomic E-state index is 14.7. The number of aromatic nitrogens is 4. The third-order valence-corrected chi connectivity index (χ3v) is 15.9. The first-order chi connectivity index (χ1) is 41.7. The number of likely N-dealkylation sites (N-methyl/N-ethyl adjacent to an activating group) is 1. The molecule has 472 valence electrons. The fourth-order valence-electron chi connectivity index (χ4n) is 10.0. The second-order valence-electron chi connectivity index (χ2n) is 20.7. The topological polar surface area (TPSA) is 395 Å². The first-order valence-electron chi connectivity index (χ1n) is 27.7. The van der Waals surface area contributed by atoms with Crippen LogP contribution in [0.3, 0.4) is 0 Å². The molecule has 0 bridgehead atoms. The van der Waals surface area contributed by atoms with E-state index in [-0.39, 0.29) is 71.9 Å². The van der Waals surface area contributed by atoms with Crippen LogP contribution in [0.1, 0.15) is 51.4 Å². The highest BCUT2D eigenvalue weighted by molar-refractivity contribution is 7.82. The lowest BCUT2D eigenvalue weighted by molar-refractivity contribution is -0.277. The molecule has 0 spiro atoms. The molecule has 3 aliphatic heterocycles. The molecule has 6 aromatic rings. The number of hydrogen-bond donors (Lipinski definition) is 10. The number of hydrogen-bond acceptors (Lipinski definition) is 24. The summed E-state index contributed by atoms with van der Waals surface area (Å²) in [7, 11) is -2.42. The molecular formula is C56H68ClN7O22S. The van der Waals surface area contributed by atoms with Gasteiger partial charge in [0.15, 0.2) is 17.2 Å². The molecule has 11 atom stereocenters. The lowest BCUT2D eigenvalue weighted by atomic mass is 9.95. The number of nitrogens with one attached hydrogen (secondary N) is 2. The number of benzene rings is 4.